The topological polar surface area (TPSA) is 15.3 Å². The zero-order chi connectivity index (χ0) is 11.4. The van der Waals surface area contributed by atoms with Crippen LogP contribution in [0.25, 0.3) is 0 Å². The SMILES string of the molecule is CNCCC1CCCN1c1ccc(F)cc1. The van der Waals surface area contributed by atoms with Gasteiger partial charge in [-0.3, -0.25) is 0 Å². The van der Waals surface area contributed by atoms with Crippen LogP contribution in [0.5, 0.6) is 0 Å². The summed E-state index contributed by atoms with van der Waals surface area (Å²) in [5, 5.41) is 3.19. The fourth-order valence-corrected chi connectivity index (χ4v) is 2.42. The van der Waals surface area contributed by atoms with Gasteiger partial charge in [-0.15, -0.1) is 0 Å². The van der Waals surface area contributed by atoms with Crippen molar-refractivity contribution < 1.29 is 4.39 Å². The van der Waals surface area contributed by atoms with Crippen molar-refractivity contribution in [3.8, 4) is 0 Å². The standard InChI is InChI=1S/C13H19FN2/c1-15-9-8-12-3-2-10-16(12)13-6-4-11(14)5-7-13/h4-7,12,15H,2-3,8-10H2,1H3. The molecule has 1 aromatic carbocycles. The smallest absolute Gasteiger partial charge is 0.123 e. The first-order valence-electron chi connectivity index (χ1n) is 5.98. The molecule has 1 unspecified atom stereocenters. The van der Waals surface area contributed by atoms with Crippen LogP contribution in [0.2, 0.25) is 0 Å². The van der Waals surface area contributed by atoms with E-state index in [1.807, 2.05) is 19.2 Å². The minimum absolute atomic E-state index is 0.158. The predicted octanol–water partition coefficient (Wildman–Crippen LogP) is 2.40. The van der Waals surface area contributed by atoms with Gasteiger partial charge < -0.3 is 10.2 Å². The van der Waals surface area contributed by atoms with Gasteiger partial charge in [0.15, 0.2) is 0 Å². The number of benzene rings is 1. The van der Waals surface area contributed by atoms with E-state index in [9.17, 15) is 4.39 Å². The van der Waals surface area contributed by atoms with Gasteiger partial charge in [-0.1, -0.05) is 0 Å². The van der Waals surface area contributed by atoms with Crippen molar-refractivity contribution in [3.05, 3.63) is 30.1 Å². The third-order valence-electron chi connectivity index (χ3n) is 3.26. The number of hydrogen-bond acceptors (Lipinski definition) is 2. The Labute approximate surface area is 96.5 Å². The zero-order valence-electron chi connectivity index (χ0n) is 9.75. The summed E-state index contributed by atoms with van der Waals surface area (Å²) in [4.78, 5) is 2.40. The molecule has 0 saturated carbocycles. The molecule has 1 saturated heterocycles. The molecule has 1 atom stereocenters. The van der Waals surface area contributed by atoms with E-state index < -0.39 is 0 Å². The Morgan fingerprint density at radius 3 is 2.81 bits per heavy atom. The minimum atomic E-state index is -0.158. The van der Waals surface area contributed by atoms with Gasteiger partial charge in [-0.2, -0.15) is 0 Å². The molecule has 0 spiro atoms. The fraction of sp³-hybridized carbons (Fsp3) is 0.538. The molecule has 1 fully saturated rings. The van der Waals surface area contributed by atoms with Crippen LogP contribution in [-0.4, -0.2) is 26.2 Å². The van der Waals surface area contributed by atoms with Gasteiger partial charge in [0.1, 0.15) is 5.82 Å². The predicted molar refractivity (Wildman–Crippen MR) is 65.3 cm³/mol. The summed E-state index contributed by atoms with van der Waals surface area (Å²) in [5.74, 6) is -0.158. The molecule has 1 aliphatic heterocycles. The maximum Gasteiger partial charge on any atom is 0.123 e. The highest BCUT2D eigenvalue weighted by molar-refractivity contribution is 5.48. The summed E-state index contributed by atoms with van der Waals surface area (Å²) in [6.07, 6.45) is 3.65. The second-order valence-electron chi connectivity index (χ2n) is 4.36. The minimum Gasteiger partial charge on any atom is -0.368 e. The molecule has 0 aromatic heterocycles. The van der Waals surface area contributed by atoms with Crippen molar-refractivity contribution in [1.82, 2.24) is 5.32 Å². The van der Waals surface area contributed by atoms with E-state index in [1.165, 1.54) is 12.8 Å². The molecule has 0 radical (unpaired) electrons. The van der Waals surface area contributed by atoms with Crippen LogP contribution in [0.4, 0.5) is 10.1 Å². The molecule has 1 aliphatic rings. The molecule has 1 heterocycles. The molecule has 2 rings (SSSR count). The first kappa shape index (κ1) is 11.4. The lowest BCUT2D eigenvalue weighted by atomic mass is 10.1. The molecule has 1 N–H and O–H groups in total. The van der Waals surface area contributed by atoms with Crippen LogP contribution >= 0.6 is 0 Å². The van der Waals surface area contributed by atoms with Crippen molar-refractivity contribution in [2.45, 2.75) is 25.3 Å². The zero-order valence-corrected chi connectivity index (χ0v) is 9.75. The van der Waals surface area contributed by atoms with Crippen LogP contribution in [0.15, 0.2) is 24.3 Å². The second kappa shape index (κ2) is 5.30. The Kier molecular flexibility index (Phi) is 3.78. The number of rotatable bonds is 4. The monoisotopic (exact) mass is 222 g/mol. The van der Waals surface area contributed by atoms with Crippen LogP contribution < -0.4 is 10.2 Å². The lowest BCUT2D eigenvalue weighted by Gasteiger charge is -2.26. The highest BCUT2D eigenvalue weighted by Gasteiger charge is 2.23. The maximum atomic E-state index is 12.8. The van der Waals surface area contributed by atoms with Crippen molar-refractivity contribution >= 4 is 5.69 Å². The van der Waals surface area contributed by atoms with Crippen molar-refractivity contribution in [3.63, 3.8) is 0 Å². The van der Waals surface area contributed by atoms with Crippen molar-refractivity contribution in [1.29, 1.82) is 0 Å². The lowest BCUT2D eigenvalue weighted by Crippen LogP contribution is -2.31. The summed E-state index contributed by atoms with van der Waals surface area (Å²) in [5.41, 5.74) is 1.15. The number of anilines is 1. The highest BCUT2D eigenvalue weighted by Crippen LogP contribution is 2.27. The first-order valence-corrected chi connectivity index (χ1v) is 5.98. The molecule has 88 valence electrons. The van der Waals surface area contributed by atoms with Crippen LogP contribution in [0.3, 0.4) is 0 Å². The van der Waals surface area contributed by atoms with E-state index in [4.69, 9.17) is 0 Å². The third-order valence-corrected chi connectivity index (χ3v) is 3.26. The Morgan fingerprint density at radius 2 is 2.12 bits per heavy atom. The lowest BCUT2D eigenvalue weighted by molar-refractivity contribution is 0.584. The molecule has 2 nitrogen and oxygen atoms in total. The van der Waals surface area contributed by atoms with E-state index in [-0.39, 0.29) is 5.82 Å². The fourth-order valence-electron chi connectivity index (χ4n) is 2.42. The van der Waals surface area contributed by atoms with Gasteiger partial charge in [-0.05, 0) is 57.1 Å². The Balaban J connectivity index is 2.04. The van der Waals surface area contributed by atoms with Gasteiger partial charge in [0.2, 0.25) is 0 Å². The molecule has 0 amide bonds. The van der Waals surface area contributed by atoms with Crippen molar-refractivity contribution in [2.24, 2.45) is 0 Å². The van der Waals surface area contributed by atoms with E-state index in [0.29, 0.717) is 6.04 Å². The Morgan fingerprint density at radius 1 is 1.38 bits per heavy atom. The van der Waals surface area contributed by atoms with Crippen LogP contribution in [0.1, 0.15) is 19.3 Å². The largest absolute Gasteiger partial charge is 0.368 e. The van der Waals surface area contributed by atoms with E-state index in [1.54, 1.807) is 12.1 Å². The summed E-state index contributed by atoms with van der Waals surface area (Å²) >= 11 is 0. The van der Waals surface area contributed by atoms with E-state index >= 15 is 0 Å². The third kappa shape index (κ3) is 2.53. The number of nitrogens with zero attached hydrogens (tertiary/aromatic N) is 1. The molecular formula is C13H19FN2. The second-order valence-corrected chi connectivity index (χ2v) is 4.36. The molecule has 0 bridgehead atoms. The van der Waals surface area contributed by atoms with Gasteiger partial charge in [0, 0.05) is 18.3 Å². The van der Waals surface area contributed by atoms with Gasteiger partial charge in [-0.25, -0.2) is 4.39 Å². The Hall–Kier alpha value is -1.09. The van der Waals surface area contributed by atoms with Gasteiger partial charge in [0.25, 0.3) is 0 Å². The molecule has 16 heavy (non-hydrogen) atoms. The average Bonchev–Trinajstić information content (AvgIpc) is 2.75. The number of hydrogen-bond donors (Lipinski definition) is 1. The van der Waals surface area contributed by atoms with E-state index in [0.717, 1.165) is 25.2 Å². The van der Waals surface area contributed by atoms with Gasteiger partial charge in [0.05, 0.1) is 0 Å². The number of halogens is 1. The van der Waals surface area contributed by atoms with Gasteiger partial charge >= 0.3 is 0 Å². The quantitative estimate of drug-likeness (QED) is 0.841. The summed E-state index contributed by atoms with van der Waals surface area (Å²) in [7, 11) is 1.98. The highest BCUT2D eigenvalue weighted by atomic mass is 19.1. The molecule has 1 aromatic rings. The number of nitrogens with one attached hydrogen (secondary N) is 1. The summed E-state index contributed by atoms with van der Waals surface area (Å²) in [6, 6.07) is 7.46. The summed E-state index contributed by atoms with van der Waals surface area (Å²) < 4.78 is 12.8. The van der Waals surface area contributed by atoms with Crippen LogP contribution in [-0.2, 0) is 0 Å². The summed E-state index contributed by atoms with van der Waals surface area (Å²) in [6.45, 7) is 2.14. The molecule has 3 heteroatoms. The normalized spacial score (nSPS) is 20.4. The average molecular weight is 222 g/mol. The van der Waals surface area contributed by atoms with Crippen LogP contribution in [0, 0.1) is 5.82 Å². The maximum absolute atomic E-state index is 12.8. The Bertz CT molecular complexity index is 323. The molecule has 0 aliphatic carbocycles. The van der Waals surface area contributed by atoms with Crippen molar-refractivity contribution in [2.75, 3.05) is 25.0 Å². The van der Waals surface area contributed by atoms with E-state index in [2.05, 4.69) is 10.2 Å². The molecular weight excluding hydrogens is 203 g/mol. The first-order chi connectivity index (χ1) is 7.81.